The molecule has 1 saturated heterocycles. The fraction of sp³-hybridized carbons (Fsp3) is 0.500. The lowest BCUT2D eigenvalue weighted by atomic mass is 10.0. The van der Waals surface area contributed by atoms with Crippen LogP contribution in [-0.2, 0) is 0 Å². The van der Waals surface area contributed by atoms with E-state index in [1.807, 2.05) is 6.07 Å². The molecular formula is C14H20FN3O2. The van der Waals surface area contributed by atoms with Gasteiger partial charge in [0.25, 0.3) is 0 Å². The Morgan fingerprint density at radius 1 is 1.40 bits per heavy atom. The van der Waals surface area contributed by atoms with Crippen molar-refractivity contribution in [2.24, 2.45) is 0 Å². The third kappa shape index (κ3) is 4.09. The van der Waals surface area contributed by atoms with Gasteiger partial charge in [0.1, 0.15) is 5.82 Å². The first-order valence-corrected chi connectivity index (χ1v) is 6.85. The third-order valence-corrected chi connectivity index (χ3v) is 3.40. The highest BCUT2D eigenvalue weighted by Crippen LogP contribution is 2.20. The number of hydrogen-bond acceptors (Lipinski definition) is 3. The summed E-state index contributed by atoms with van der Waals surface area (Å²) in [6.45, 7) is 1.77. The minimum atomic E-state index is -0.247. The lowest BCUT2D eigenvalue weighted by Gasteiger charge is -2.34. The average Bonchev–Trinajstić information content (AvgIpc) is 2.46. The molecule has 0 saturated carbocycles. The van der Waals surface area contributed by atoms with Gasteiger partial charge in [-0.05, 0) is 31.0 Å². The molecule has 6 heteroatoms. The zero-order chi connectivity index (χ0) is 14.4. The van der Waals surface area contributed by atoms with Crippen LogP contribution in [0.4, 0.5) is 14.9 Å². The van der Waals surface area contributed by atoms with Crippen molar-refractivity contribution in [3.8, 4) is 0 Å². The zero-order valence-corrected chi connectivity index (χ0v) is 11.3. The Kier molecular flexibility index (Phi) is 5.17. The van der Waals surface area contributed by atoms with Crippen molar-refractivity contribution < 1.29 is 14.3 Å². The van der Waals surface area contributed by atoms with Gasteiger partial charge in [-0.3, -0.25) is 0 Å². The number of amides is 2. The number of carbonyl (C=O) groups excluding carboxylic acids is 1. The van der Waals surface area contributed by atoms with E-state index in [0.717, 1.165) is 31.6 Å². The van der Waals surface area contributed by atoms with E-state index in [1.165, 1.54) is 12.1 Å². The molecule has 1 heterocycles. The summed E-state index contributed by atoms with van der Waals surface area (Å²) in [7, 11) is 0. The number of carbonyl (C=O) groups is 1. The molecule has 1 fully saturated rings. The Bertz CT molecular complexity index is 448. The van der Waals surface area contributed by atoms with Gasteiger partial charge in [-0.2, -0.15) is 0 Å². The summed E-state index contributed by atoms with van der Waals surface area (Å²) in [6, 6.07) is 6.44. The molecule has 20 heavy (non-hydrogen) atoms. The molecule has 5 nitrogen and oxygen atoms in total. The van der Waals surface area contributed by atoms with Crippen LogP contribution in [0, 0.1) is 5.82 Å². The molecule has 1 aromatic rings. The highest BCUT2D eigenvalue weighted by atomic mass is 19.1. The summed E-state index contributed by atoms with van der Waals surface area (Å²) in [5.74, 6) is -0.230. The van der Waals surface area contributed by atoms with Crippen molar-refractivity contribution in [2.75, 3.05) is 31.1 Å². The zero-order valence-electron chi connectivity index (χ0n) is 11.3. The Morgan fingerprint density at radius 2 is 2.15 bits per heavy atom. The number of urea groups is 1. The highest BCUT2D eigenvalue weighted by Gasteiger charge is 2.20. The third-order valence-electron chi connectivity index (χ3n) is 3.40. The van der Waals surface area contributed by atoms with Crippen LogP contribution in [0.5, 0.6) is 0 Å². The second kappa shape index (κ2) is 7.09. The van der Waals surface area contributed by atoms with E-state index >= 15 is 0 Å². The van der Waals surface area contributed by atoms with E-state index in [-0.39, 0.29) is 31.0 Å². The van der Waals surface area contributed by atoms with Gasteiger partial charge in [0, 0.05) is 31.4 Å². The van der Waals surface area contributed by atoms with Gasteiger partial charge in [0.2, 0.25) is 0 Å². The van der Waals surface area contributed by atoms with Gasteiger partial charge >= 0.3 is 6.03 Å². The molecule has 0 aromatic heterocycles. The standard InChI is InChI=1S/C14H20FN3O2/c15-11-2-1-3-13(10-11)18-7-4-12(5-8-18)17-14(20)16-6-9-19/h1-3,10,12,19H,4-9H2,(H2,16,17,20). The summed E-state index contributed by atoms with van der Waals surface area (Å²) in [6.07, 6.45) is 1.64. The molecular weight excluding hydrogens is 261 g/mol. The van der Waals surface area contributed by atoms with Crippen LogP contribution < -0.4 is 15.5 Å². The van der Waals surface area contributed by atoms with Crippen LogP contribution in [0.25, 0.3) is 0 Å². The van der Waals surface area contributed by atoms with Crippen LogP contribution in [-0.4, -0.2) is 43.4 Å². The second-order valence-electron chi connectivity index (χ2n) is 4.87. The number of anilines is 1. The lowest BCUT2D eigenvalue weighted by Crippen LogP contribution is -2.48. The number of nitrogens with one attached hydrogen (secondary N) is 2. The first-order chi connectivity index (χ1) is 9.69. The topological polar surface area (TPSA) is 64.6 Å². The van der Waals surface area contributed by atoms with E-state index in [4.69, 9.17) is 5.11 Å². The number of aliphatic hydroxyl groups is 1. The van der Waals surface area contributed by atoms with E-state index in [9.17, 15) is 9.18 Å². The Morgan fingerprint density at radius 3 is 2.80 bits per heavy atom. The molecule has 2 rings (SSSR count). The molecule has 3 N–H and O–H groups in total. The van der Waals surface area contributed by atoms with Gasteiger partial charge < -0.3 is 20.6 Å². The van der Waals surface area contributed by atoms with Gasteiger partial charge in [0.15, 0.2) is 0 Å². The Hall–Kier alpha value is -1.82. The van der Waals surface area contributed by atoms with Crippen molar-refractivity contribution in [2.45, 2.75) is 18.9 Å². The fourth-order valence-electron chi connectivity index (χ4n) is 2.36. The normalized spacial score (nSPS) is 16.0. The molecule has 0 radical (unpaired) electrons. The molecule has 0 unspecified atom stereocenters. The Labute approximate surface area is 117 Å². The minimum Gasteiger partial charge on any atom is -0.395 e. The SMILES string of the molecule is O=C(NCCO)NC1CCN(c2cccc(F)c2)CC1. The summed E-state index contributed by atoms with van der Waals surface area (Å²) < 4.78 is 13.2. The first kappa shape index (κ1) is 14.6. The number of nitrogens with zero attached hydrogens (tertiary/aromatic N) is 1. The molecule has 0 spiro atoms. The number of hydrogen-bond donors (Lipinski definition) is 3. The molecule has 0 atom stereocenters. The first-order valence-electron chi connectivity index (χ1n) is 6.85. The van der Waals surface area contributed by atoms with E-state index in [1.54, 1.807) is 6.07 Å². The monoisotopic (exact) mass is 281 g/mol. The fourth-order valence-corrected chi connectivity index (χ4v) is 2.36. The van der Waals surface area contributed by atoms with Gasteiger partial charge in [-0.1, -0.05) is 6.07 Å². The quantitative estimate of drug-likeness (QED) is 0.774. The minimum absolute atomic E-state index is 0.0641. The molecule has 1 aliphatic rings. The van der Waals surface area contributed by atoms with Crippen molar-refractivity contribution >= 4 is 11.7 Å². The van der Waals surface area contributed by atoms with Gasteiger partial charge in [-0.15, -0.1) is 0 Å². The molecule has 110 valence electrons. The maximum Gasteiger partial charge on any atom is 0.315 e. The second-order valence-corrected chi connectivity index (χ2v) is 4.87. The van der Waals surface area contributed by atoms with Crippen molar-refractivity contribution in [1.82, 2.24) is 10.6 Å². The Balaban J connectivity index is 1.79. The highest BCUT2D eigenvalue weighted by molar-refractivity contribution is 5.74. The predicted octanol–water partition coefficient (Wildman–Crippen LogP) is 1.09. The number of rotatable bonds is 4. The number of halogens is 1. The smallest absolute Gasteiger partial charge is 0.315 e. The average molecular weight is 281 g/mol. The lowest BCUT2D eigenvalue weighted by molar-refractivity contribution is 0.228. The molecule has 1 aliphatic heterocycles. The maximum atomic E-state index is 13.2. The van der Waals surface area contributed by atoms with Crippen LogP contribution in [0.2, 0.25) is 0 Å². The van der Waals surface area contributed by atoms with Crippen molar-refractivity contribution in [3.05, 3.63) is 30.1 Å². The van der Waals surface area contributed by atoms with E-state index in [2.05, 4.69) is 15.5 Å². The molecule has 0 aliphatic carbocycles. The molecule has 0 bridgehead atoms. The molecule has 2 amide bonds. The summed E-state index contributed by atoms with van der Waals surface area (Å²) >= 11 is 0. The van der Waals surface area contributed by atoms with Crippen molar-refractivity contribution in [1.29, 1.82) is 0 Å². The number of piperidine rings is 1. The van der Waals surface area contributed by atoms with Crippen molar-refractivity contribution in [3.63, 3.8) is 0 Å². The van der Waals surface area contributed by atoms with Gasteiger partial charge in [-0.25, -0.2) is 9.18 Å². The van der Waals surface area contributed by atoms with Crippen LogP contribution in [0.3, 0.4) is 0 Å². The van der Waals surface area contributed by atoms with E-state index in [0.29, 0.717) is 0 Å². The summed E-state index contributed by atoms with van der Waals surface area (Å²) in [5.41, 5.74) is 0.883. The van der Waals surface area contributed by atoms with Crippen LogP contribution >= 0.6 is 0 Å². The molecule has 1 aromatic carbocycles. The van der Waals surface area contributed by atoms with E-state index < -0.39 is 0 Å². The van der Waals surface area contributed by atoms with Crippen LogP contribution in [0.15, 0.2) is 24.3 Å². The maximum absolute atomic E-state index is 13.2. The number of aliphatic hydroxyl groups excluding tert-OH is 1. The number of benzene rings is 1. The summed E-state index contributed by atoms with van der Waals surface area (Å²) in [5, 5.41) is 14.1. The van der Waals surface area contributed by atoms with Gasteiger partial charge in [0.05, 0.1) is 6.61 Å². The predicted molar refractivity (Wildman–Crippen MR) is 75.3 cm³/mol. The summed E-state index contributed by atoms with van der Waals surface area (Å²) in [4.78, 5) is 13.6. The largest absolute Gasteiger partial charge is 0.395 e. The van der Waals surface area contributed by atoms with Crippen LogP contribution in [0.1, 0.15) is 12.8 Å².